The van der Waals surface area contributed by atoms with Gasteiger partial charge in [0.25, 0.3) is 15.6 Å². The summed E-state index contributed by atoms with van der Waals surface area (Å²) in [4.78, 5) is 13.0. The van der Waals surface area contributed by atoms with Crippen LogP contribution in [-0.2, 0) is 10.0 Å². The number of rotatable bonds is 3. The number of fused-ring (bicyclic) bond motifs is 2. The van der Waals surface area contributed by atoms with Gasteiger partial charge in [0.15, 0.2) is 11.6 Å². The SMILES string of the molecule is CCC=Nn1c(=O)c(C2=NS(=O)(=O)c3ccccc3N2)c(O)c2sccc21. The molecule has 0 saturated heterocycles. The summed E-state index contributed by atoms with van der Waals surface area (Å²) in [5, 5.41) is 19.4. The van der Waals surface area contributed by atoms with Gasteiger partial charge in [-0.05, 0) is 30.0 Å². The van der Waals surface area contributed by atoms with E-state index in [1.165, 1.54) is 17.4 Å². The zero-order valence-corrected chi connectivity index (χ0v) is 15.7. The zero-order valence-electron chi connectivity index (χ0n) is 14.1. The number of pyridine rings is 1. The van der Waals surface area contributed by atoms with E-state index >= 15 is 0 Å². The Hall–Kier alpha value is -2.98. The fraction of sp³-hybridized carbons (Fsp3) is 0.118. The smallest absolute Gasteiger partial charge is 0.286 e. The van der Waals surface area contributed by atoms with Crippen LogP contribution in [0.15, 0.2) is 54.9 Å². The van der Waals surface area contributed by atoms with Crippen molar-refractivity contribution in [1.82, 2.24) is 4.68 Å². The minimum absolute atomic E-state index is 0.00905. The summed E-state index contributed by atoms with van der Waals surface area (Å²) in [7, 11) is -4.01. The number of thiophene rings is 1. The summed E-state index contributed by atoms with van der Waals surface area (Å²) < 4.78 is 30.3. The molecule has 1 aliphatic rings. The Balaban J connectivity index is 2.02. The lowest BCUT2D eigenvalue weighted by Crippen LogP contribution is -2.31. The molecule has 3 aromatic rings. The van der Waals surface area contributed by atoms with Crippen LogP contribution < -0.4 is 10.9 Å². The topological polar surface area (TPSA) is 113 Å². The maximum Gasteiger partial charge on any atom is 0.286 e. The molecule has 0 unspecified atom stereocenters. The molecule has 2 aromatic heterocycles. The van der Waals surface area contributed by atoms with E-state index in [2.05, 4.69) is 14.8 Å². The van der Waals surface area contributed by atoms with Crippen molar-refractivity contribution < 1.29 is 13.5 Å². The number of aromatic nitrogens is 1. The van der Waals surface area contributed by atoms with Gasteiger partial charge in [0.1, 0.15) is 10.5 Å². The Morgan fingerprint density at radius 1 is 1.33 bits per heavy atom. The number of nitrogens with one attached hydrogen (secondary N) is 1. The molecule has 1 aliphatic heterocycles. The second kappa shape index (κ2) is 6.32. The van der Waals surface area contributed by atoms with Gasteiger partial charge in [-0.1, -0.05) is 19.1 Å². The number of anilines is 1. The van der Waals surface area contributed by atoms with Crippen LogP contribution >= 0.6 is 11.3 Å². The standard InChI is InChI=1S/C17H14N4O4S2/c1-2-8-18-21-11-7-9-26-15(11)14(22)13(17(21)23)16-19-10-5-3-4-6-12(10)27(24,25)20-16/h3-9,22H,2H2,1H3,(H,19,20). The molecule has 2 N–H and O–H groups in total. The molecule has 138 valence electrons. The number of amidine groups is 1. The number of benzene rings is 1. The molecule has 0 saturated carbocycles. The quantitative estimate of drug-likeness (QED) is 0.654. The Kier molecular flexibility index (Phi) is 4.08. The van der Waals surface area contributed by atoms with Crippen LogP contribution in [0.3, 0.4) is 0 Å². The van der Waals surface area contributed by atoms with E-state index < -0.39 is 15.6 Å². The van der Waals surface area contributed by atoms with Crippen molar-refractivity contribution in [3.63, 3.8) is 0 Å². The van der Waals surface area contributed by atoms with Gasteiger partial charge in [0.2, 0.25) is 0 Å². The largest absolute Gasteiger partial charge is 0.505 e. The van der Waals surface area contributed by atoms with Gasteiger partial charge in [-0.2, -0.15) is 18.2 Å². The first-order valence-electron chi connectivity index (χ1n) is 8.03. The zero-order chi connectivity index (χ0) is 19.2. The lowest BCUT2D eigenvalue weighted by molar-refractivity contribution is 0.479. The van der Waals surface area contributed by atoms with Crippen LogP contribution in [0.5, 0.6) is 5.75 Å². The molecular weight excluding hydrogens is 388 g/mol. The minimum Gasteiger partial charge on any atom is -0.505 e. The summed E-state index contributed by atoms with van der Waals surface area (Å²) in [5.74, 6) is -0.555. The van der Waals surface area contributed by atoms with E-state index in [0.29, 0.717) is 16.6 Å². The van der Waals surface area contributed by atoms with Gasteiger partial charge in [0, 0.05) is 6.21 Å². The highest BCUT2D eigenvalue weighted by Gasteiger charge is 2.29. The van der Waals surface area contributed by atoms with E-state index in [1.54, 1.807) is 35.9 Å². The van der Waals surface area contributed by atoms with Crippen LogP contribution in [0.25, 0.3) is 10.2 Å². The van der Waals surface area contributed by atoms with E-state index in [0.717, 1.165) is 4.68 Å². The molecule has 27 heavy (non-hydrogen) atoms. The first-order valence-corrected chi connectivity index (χ1v) is 10.4. The van der Waals surface area contributed by atoms with Crippen molar-refractivity contribution in [2.75, 3.05) is 5.32 Å². The minimum atomic E-state index is -4.01. The number of nitrogens with zero attached hydrogens (tertiary/aromatic N) is 3. The average Bonchev–Trinajstić information content (AvgIpc) is 3.11. The van der Waals surface area contributed by atoms with E-state index in [4.69, 9.17) is 0 Å². The van der Waals surface area contributed by atoms with Crippen molar-refractivity contribution in [3.8, 4) is 5.75 Å². The second-order valence-corrected chi connectivity index (χ2v) is 8.21. The molecule has 0 radical (unpaired) electrons. The number of aromatic hydroxyl groups is 1. The number of sulfonamides is 1. The maximum atomic E-state index is 13.0. The Bertz CT molecular complexity index is 1290. The summed E-state index contributed by atoms with van der Waals surface area (Å²) in [5.41, 5.74) is -0.174. The van der Waals surface area contributed by atoms with Gasteiger partial charge in [0.05, 0.1) is 15.9 Å². The van der Waals surface area contributed by atoms with Crippen LogP contribution in [0.2, 0.25) is 0 Å². The fourth-order valence-corrected chi connectivity index (χ4v) is 4.74. The third-order valence-electron chi connectivity index (χ3n) is 3.98. The van der Waals surface area contributed by atoms with Gasteiger partial charge in [-0.25, -0.2) is 0 Å². The van der Waals surface area contributed by atoms with Crippen molar-refractivity contribution in [2.45, 2.75) is 18.2 Å². The number of hydrogen-bond donors (Lipinski definition) is 2. The first-order chi connectivity index (χ1) is 12.9. The lowest BCUT2D eigenvalue weighted by atomic mass is 10.2. The van der Waals surface area contributed by atoms with Crippen LogP contribution in [0.4, 0.5) is 5.69 Å². The summed E-state index contributed by atoms with van der Waals surface area (Å²) >= 11 is 1.22. The number of para-hydroxylation sites is 1. The average molecular weight is 402 g/mol. The van der Waals surface area contributed by atoms with Gasteiger partial charge < -0.3 is 10.4 Å². The molecule has 0 bridgehead atoms. The van der Waals surface area contributed by atoms with E-state index in [-0.39, 0.29) is 27.7 Å². The fourth-order valence-electron chi connectivity index (χ4n) is 2.79. The van der Waals surface area contributed by atoms with Crippen molar-refractivity contribution >= 4 is 49.3 Å². The first kappa shape index (κ1) is 17.4. The molecule has 0 fully saturated rings. The molecule has 0 spiro atoms. The monoisotopic (exact) mass is 402 g/mol. The summed E-state index contributed by atoms with van der Waals surface area (Å²) in [6.07, 6.45) is 2.16. The van der Waals surface area contributed by atoms with E-state index in [1.807, 2.05) is 6.92 Å². The van der Waals surface area contributed by atoms with Crippen LogP contribution in [0, 0.1) is 0 Å². The summed E-state index contributed by atoms with van der Waals surface area (Å²) in [6.45, 7) is 1.87. The van der Waals surface area contributed by atoms with Gasteiger partial charge in [-0.3, -0.25) is 4.79 Å². The van der Waals surface area contributed by atoms with Crippen LogP contribution in [0.1, 0.15) is 18.9 Å². The molecule has 3 heterocycles. The predicted octanol–water partition coefficient (Wildman–Crippen LogP) is 2.57. The predicted molar refractivity (Wildman–Crippen MR) is 106 cm³/mol. The molecule has 10 heteroatoms. The van der Waals surface area contributed by atoms with Crippen LogP contribution in [-0.4, -0.2) is 30.3 Å². The van der Waals surface area contributed by atoms with Gasteiger partial charge in [-0.15, -0.1) is 15.7 Å². The van der Waals surface area contributed by atoms with Crippen molar-refractivity contribution in [3.05, 3.63) is 51.6 Å². The molecule has 0 amide bonds. The van der Waals surface area contributed by atoms with E-state index in [9.17, 15) is 18.3 Å². The molecule has 8 nitrogen and oxygen atoms in total. The van der Waals surface area contributed by atoms with Crippen molar-refractivity contribution in [2.24, 2.45) is 9.50 Å². The molecule has 0 atom stereocenters. The molecule has 0 aliphatic carbocycles. The Labute approximate surface area is 158 Å². The maximum absolute atomic E-state index is 13.0. The third kappa shape index (κ3) is 2.73. The summed E-state index contributed by atoms with van der Waals surface area (Å²) in [6, 6.07) is 7.90. The number of hydrogen-bond acceptors (Lipinski definition) is 7. The Morgan fingerprint density at radius 3 is 2.89 bits per heavy atom. The van der Waals surface area contributed by atoms with Gasteiger partial charge >= 0.3 is 0 Å². The third-order valence-corrected chi connectivity index (χ3v) is 6.22. The highest BCUT2D eigenvalue weighted by Crippen LogP contribution is 2.34. The van der Waals surface area contributed by atoms with Crippen molar-refractivity contribution in [1.29, 1.82) is 0 Å². The second-order valence-electron chi connectivity index (χ2n) is 5.72. The highest BCUT2D eigenvalue weighted by molar-refractivity contribution is 7.90. The lowest BCUT2D eigenvalue weighted by Gasteiger charge is -2.18. The molecule has 4 rings (SSSR count). The molecule has 1 aromatic carbocycles. The molecular formula is C17H14N4O4S2. The highest BCUT2D eigenvalue weighted by atomic mass is 32.2. The Morgan fingerprint density at radius 2 is 2.11 bits per heavy atom. The normalized spacial score (nSPS) is 15.5.